The summed E-state index contributed by atoms with van der Waals surface area (Å²) in [4.78, 5) is 25.5. The fraction of sp³-hybridized carbons (Fsp3) is 0.192. The molecule has 1 aliphatic rings. The van der Waals surface area contributed by atoms with E-state index in [1.54, 1.807) is 0 Å². The SMILES string of the molecule is O=C(O)O.O=C(c1ccc(-c2ccc(Nc3nc4ccccc4o3)cc2)cc1)C1CCCC1. The second kappa shape index (κ2) is 9.99. The Morgan fingerprint density at radius 2 is 1.42 bits per heavy atom. The smallest absolute Gasteiger partial charge is 0.450 e. The molecule has 3 aromatic carbocycles. The Labute approximate surface area is 190 Å². The van der Waals surface area contributed by atoms with Crippen LogP contribution in [-0.2, 0) is 0 Å². The first-order chi connectivity index (χ1) is 16.0. The van der Waals surface area contributed by atoms with Crippen LogP contribution < -0.4 is 5.32 Å². The molecular weight excluding hydrogens is 420 g/mol. The van der Waals surface area contributed by atoms with Gasteiger partial charge >= 0.3 is 6.16 Å². The molecule has 1 heterocycles. The maximum Gasteiger partial charge on any atom is 0.503 e. The topological polar surface area (TPSA) is 113 Å². The molecule has 7 heteroatoms. The molecule has 33 heavy (non-hydrogen) atoms. The summed E-state index contributed by atoms with van der Waals surface area (Å²) in [6.45, 7) is 0. The zero-order chi connectivity index (χ0) is 23.2. The molecule has 0 spiro atoms. The Kier molecular flexibility index (Phi) is 6.69. The molecule has 4 aromatic rings. The highest BCUT2D eigenvalue weighted by Gasteiger charge is 2.23. The first-order valence-corrected chi connectivity index (χ1v) is 10.8. The van der Waals surface area contributed by atoms with Crippen LogP contribution in [-0.4, -0.2) is 27.1 Å². The number of ketones is 1. The number of aromatic nitrogens is 1. The maximum atomic E-state index is 12.6. The molecule has 3 N–H and O–H groups in total. The third-order valence-electron chi connectivity index (χ3n) is 5.66. The molecule has 0 atom stereocenters. The van der Waals surface area contributed by atoms with E-state index in [4.69, 9.17) is 19.4 Å². The van der Waals surface area contributed by atoms with E-state index in [1.165, 1.54) is 12.8 Å². The second-order valence-electron chi connectivity index (χ2n) is 7.89. The van der Waals surface area contributed by atoms with Gasteiger partial charge in [0.2, 0.25) is 0 Å². The molecule has 0 saturated heterocycles. The highest BCUT2D eigenvalue weighted by molar-refractivity contribution is 5.98. The van der Waals surface area contributed by atoms with Crippen LogP contribution in [0.15, 0.2) is 77.2 Å². The van der Waals surface area contributed by atoms with Crippen molar-refractivity contribution < 1.29 is 24.2 Å². The quantitative estimate of drug-likeness (QED) is 0.289. The van der Waals surface area contributed by atoms with E-state index in [1.807, 2.05) is 60.7 Å². The average molecular weight is 444 g/mol. The minimum Gasteiger partial charge on any atom is -0.450 e. The van der Waals surface area contributed by atoms with E-state index >= 15 is 0 Å². The van der Waals surface area contributed by atoms with Crippen molar-refractivity contribution in [2.75, 3.05) is 5.32 Å². The largest absolute Gasteiger partial charge is 0.503 e. The zero-order valence-electron chi connectivity index (χ0n) is 17.9. The summed E-state index contributed by atoms with van der Waals surface area (Å²) in [6, 6.07) is 24.3. The van der Waals surface area contributed by atoms with E-state index < -0.39 is 6.16 Å². The number of para-hydroxylation sites is 2. The molecule has 168 valence electrons. The monoisotopic (exact) mass is 444 g/mol. The standard InChI is InChI=1S/C25H22N2O2.CH2O3/c28-24(19-5-1-2-6-19)20-11-9-17(10-12-20)18-13-15-21(16-14-18)26-25-27-22-7-3-4-8-23(22)29-25;2-1(3)4/h3-4,7-16,19H,1-2,5-6H2,(H,26,27);(H2,2,3,4). The predicted molar refractivity (Wildman–Crippen MR) is 126 cm³/mol. The zero-order valence-corrected chi connectivity index (χ0v) is 17.9. The lowest BCUT2D eigenvalue weighted by molar-refractivity contribution is 0.0922. The van der Waals surface area contributed by atoms with Gasteiger partial charge < -0.3 is 19.9 Å². The first-order valence-electron chi connectivity index (χ1n) is 10.8. The van der Waals surface area contributed by atoms with E-state index in [9.17, 15) is 4.79 Å². The van der Waals surface area contributed by atoms with Gasteiger partial charge in [-0.25, -0.2) is 4.79 Å². The number of nitrogens with zero attached hydrogens (tertiary/aromatic N) is 1. The van der Waals surface area contributed by atoms with Crippen molar-refractivity contribution in [1.29, 1.82) is 0 Å². The van der Waals surface area contributed by atoms with Gasteiger partial charge in [0.05, 0.1) is 0 Å². The summed E-state index contributed by atoms with van der Waals surface area (Å²) in [5, 5.41) is 17.1. The summed E-state index contributed by atoms with van der Waals surface area (Å²) >= 11 is 0. The third kappa shape index (κ3) is 5.57. The normalized spacial score (nSPS) is 13.3. The molecule has 1 saturated carbocycles. The molecule has 7 nitrogen and oxygen atoms in total. The van der Waals surface area contributed by atoms with Crippen LogP contribution in [0.25, 0.3) is 22.2 Å². The van der Waals surface area contributed by atoms with E-state index in [0.29, 0.717) is 11.8 Å². The number of oxazole rings is 1. The Balaban J connectivity index is 0.000000601. The van der Waals surface area contributed by atoms with Gasteiger partial charge in [-0.1, -0.05) is 61.4 Å². The second-order valence-corrected chi connectivity index (χ2v) is 7.89. The maximum absolute atomic E-state index is 12.6. The molecule has 1 aromatic heterocycles. The lowest BCUT2D eigenvalue weighted by Crippen LogP contribution is -2.10. The Morgan fingerprint density at radius 3 is 2.03 bits per heavy atom. The van der Waals surface area contributed by atoms with Gasteiger partial charge in [-0.05, 0) is 48.2 Å². The van der Waals surface area contributed by atoms with Crippen molar-refractivity contribution >= 4 is 34.7 Å². The number of hydrogen-bond acceptors (Lipinski definition) is 5. The van der Waals surface area contributed by atoms with Crippen molar-refractivity contribution in [2.45, 2.75) is 25.7 Å². The Morgan fingerprint density at radius 1 is 0.848 bits per heavy atom. The van der Waals surface area contributed by atoms with Crippen LogP contribution in [0.3, 0.4) is 0 Å². The molecule has 1 fully saturated rings. The summed E-state index contributed by atoms with van der Waals surface area (Å²) in [6.07, 6.45) is 2.60. The van der Waals surface area contributed by atoms with E-state index in [-0.39, 0.29) is 5.92 Å². The van der Waals surface area contributed by atoms with Gasteiger partial charge in [0, 0.05) is 17.2 Å². The van der Waals surface area contributed by atoms with Crippen LogP contribution >= 0.6 is 0 Å². The summed E-state index contributed by atoms with van der Waals surface area (Å²) in [7, 11) is 0. The number of carbonyl (C=O) groups excluding carboxylic acids is 1. The third-order valence-corrected chi connectivity index (χ3v) is 5.66. The number of carbonyl (C=O) groups is 2. The number of anilines is 2. The summed E-state index contributed by atoms with van der Waals surface area (Å²) in [5.41, 5.74) is 5.54. The predicted octanol–water partition coefficient (Wildman–Crippen LogP) is 6.83. The lowest BCUT2D eigenvalue weighted by atomic mass is 9.94. The molecule has 5 rings (SSSR count). The fourth-order valence-electron chi connectivity index (χ4n) is 4.05. The number of Topliss-reactive ketones (excluding diaryl/α,β-unsaturated/α-hetero) is 1. The van der Waals surface area contributed by atoms with Crippen LogP contribution in [0, 0.1) is 5.92 Å². The molecule has 0 amide bonds. The van der Waals surface area contributed by atoms with Gasteiger partial charge in [0.15, 0.2) is 11.4 Å². The van der Waals surface area contributed by atoms with Crippen LogP contribution in [0.2, 0.25) is 0 Å². The van der Waals surface area contributed by atoms with Gasteiger partial charge in [-0.15, -0.1) is 0 Å². The highest BCUT2D eigenvalue weighted by Crippen LogP contribution is 2.29. The number of benzene rings is 3. The number of rotatable bonds is 5. The molecule has 0 radical (unpaired) electrons. The van der Waals surface area contributed by atoms with Crippen LogP contribution in [0.5, 0.6) is 0 Å². The molecule has 1 aliphatic carbocycles. The van der Waals surface area contributed by atoms with Gasteiger partial charge in [-0.3, -0.25) is 4.79 Å². The minimum atomic E-state index is -1.83. The number of hydrogen-bond donors (Lipinski definition) is 3. The molecule has 0 unspecified atom stereocenters. The van der Waals surface area contributed by atoms with E-state index in [0.717, 1.165) is 46.3 Å². The molecule has 0 aliphatic heterocycles. The number of carboxylic acid groups (broad SMARTS) is 2. The Bertz CT molecular complexity index is 1200. The summed E-state index contributed by atoms with van der Waals surface area (Å²) in [5.74, 6) is 0.519. The van der Waals surface area contributed by atoms with Crippen molar-refractivity contribution in [3.63, 3.8) is 0 Å². The molecule has 0 bridgehead atoms. The number of nitrogens with one attached hydrogen (secondary N) is 1. The molecular formula is C26H24N2O5. The number of fused-ring (bicyclic) bond motifs is 1. The van der Waals surface area contributed by atoms with Crippen molar-refractivity contribution in [3.8, 4) is 11.1 Å². The first kappa shape index (κ1) is 22.1. The van der Waals surface area contributed by atoms with Crippen molar-refractivity contribution in [3.05, 3.63) is 78.4 Å². The van der Waals surface area contributed by atoms with Gasteiger partial charge in [0.1, 0.15) is 5.52 Å². The lowest BCUT2D eigenvalue weighted by Gasteiger charge is -2.09. The van der Waals surface area contributed by atoms with E-state index in [2.05, 4.69) is 22.4 Å². The van der Waals surface area contributed by atoms with Gasteiger partial charge in [-0.2, -0.15) is 4.98 Å². The summed E-state index contributed by atoms with van der Waals surface area (Å²) < 4.78 is 5.71. The highest BCUT2D eigenvalue weighted by atomic mass is 16.6. The van der Waals surface area contributed by atoms with Gasteiger partial charge in [0.25, 0.3) is 6.01 Å². The van der Waals surface area contributed by atoms with Crippen LogP contribution in [0.1, 0.15) is 36.0 Å². The minimum absolute atomic E-state index is 0.220. The van der Waals surface area contributed by atoms with Crippen molar-refractivity contribution in [2.24, 2.45) is 5.92 Å². The van der Waals surface area contributed by atoms with Crippen molar-refractivity contribution in [1.82, 2.24) is 4.98 Å². The van der Waals surface area contributed by atoms with Crippen LogP contribution in [0.4, 0.5) is 16.5 Å². The Hall–Kier alpha value is -4.13. The average Bonchev–Trinajstić information content (AvgIpc) is 3.49. The fourth-order valence-corrected chi connectivity index (χ4v) is 4.05.